The molecule has 0 radical (unpaired) electrons. The smallest absolute Gasteiger partial charge is 0.220 e. The van der Waals surface area contributed by atoms with Gasteiger partial charge < -0.3 is 10.6 Å². The molecule has 1 saturated heterocycles. The SMILES string of the molecule is CC(NC(=O)CC1CCNCC1)c1cnn(C)c1.Cl. The molecule has 0 aliphatic carbocycles. The second kappa shape index (κ2) is 7.50. The second-order valence-electron chi connectivity index (χ2n) is 5.13. The molecular formula is C13H23ClN4O. The van der Waals surface area contributed by atoms with E-state index in [1.165, 1.54) is 0 Å². The van der Waals surface area contributed by atoms with Gasteiger partial charge >= 0.3 is 0 Å². The van der Waals surface area contributed by atoms with Crippen LogP contribution >= 0.6 is 12.4 Å². The van der Waals surface area contributed by atoms with E-state index in [-0.39, 0.29) is 24.4 Å². The standard InChI is InChI=1S/C13H22N4O.ClH/c1-10(12-8-15-17(2)9-12)16-13(18)7-11-3-5-14-6-4-11;/h8-11,14H,3-7H2,1-2H3,(H,16,18);1H. The van der Waals surface area contributed by atoms with Gasteiger partial charge in [-0.1, -0.05) is 0 Å². The Bertz CT molecular complexity index is 401. The number of aromatic nitrogens is 2. The molecule has 108 valence electrons. The molecule has 5 nitrogen and oxygen atoms in total. The van der Waals surface area contributed by atoms with Crippen LogP contribution in [0.25, 0.3) is 0 Å². The molecule has 1 amide bonds. The molecule has 1 fully saturated rings. The maximum absolute atomic E-state index is 11.9. The Labute approximate surface area is 120 Å². The Morgan fingerprint density at radius 1 is 1.58 bits per heavy atom. The Balaban J connectivity index is 0.00000180. The summed E-state index contributed by atoms with van der Waals surface area (Å²) in [5.74, 6) is 0.686. The van der Waals surface area contributed by atoms with E-state index in [1.807, 2.05) is 20.2 Å². The summed E-state index contributed by atoms with van der Waals surface area (Å²) in [6.07, 6.45) is 6.60. The number of hydrogen-bond donors (Lipinski definition) is 2. The number of amides is 1. The third kappa shape index (κ3) is 4.84. The average molecular weight is 287 g/mol. The van der Waals surface area contributed by atoms with Crippen molar-refractivity contribution >= 4 is 18.3 Å². The number of rotatable bonds is 4. The van der Waals surface area contributed by atoms with Gasteiger partial charge in [0, 0.05) is 25.2 Å². The van der Waals surface area contributed by atoms with Gasteiger partial charge in [-0.15, -0.1) is 12.4 Å². The van der Waals surface area contributed by atoms with Crippen LogP contribution in [0.4, 0.5) is 0 Å². The van der Waals surface area contributed by atoms with E-state index in [1.54, 1.807) is 10.9 Å². The largest absolute Gasteiger partial charge is 0.349 e. The first kappa shape index (κ1) is 16.0. The molecule has 1 aromatic rings. The van der Waals surface area contributed by atoms with E-state index in [4.69, 9.17) is 0 Å². The molecular weight excluding hydrogens is 264 g/mol. The first-order valence-corrected chi connectivity index (χ1v) is 6.64. The molecule has 1 aliphatic heterocycles. The molecule has 1 aromatic heterocycles. The minimum Gasteiger partial charge on any atom is -0.349 e. The minimum absolute atomic E-state index is 0. The summed E-state index contributed by atoms with van der Waals surface area (Å²) < 4.78 is 1.75. The van der Waals surface area contributed by atoms with Crippen LogP contribution in [-0.4, -0.2) is 28.8 Å². The number of nitrogens with zero attached hydrogens (tertiary/aromatic N) is 2. The predicted octanol–water partition coefficient (Wildman–Crippen LogP) is 1.41. The van der Waals surface area contributed by atoms with E-state index in [9.17, 15) is 4.79 Å². The van der Waals surface area contributed by atoms with Crippen molar-refractivity contribution in [3.8, 4) is 0 Å². The normalized spacial score (nSPS) is 17.6. The van der Waals surface area contributed by atoms with Gasteiger partial charge in [-0.25, -0.2) is 0 Å². The van der Waals surface area contributed by atoms with Gasteiger partial charge in [0.05, 0.1) is 12.2 Å². The lowest BCUT2D eigenvalue weighted by Crippen LogP contribution is -2.33. The lowest BCUT2D eigenvalue weighted by molar-refractivity contribution is -0.122. The van der Waals surface area contributed by atoms with Crippen molar-refractivity contribution in [2.45, 2.75) is 32.2 Å². The number of piperidine rings is 1. The fourth-order valence-corrected chi connectivity index (χ4v) is 2.40. The van der Waals surface area contributed by atoms with Crippen molar-refractivity contribution in [1.82, 2.24) is 20.4 Å². The quantitative estimate of drug-likeness (QED) is 0.880. The van der Waals surface area contributed by atoms with E-state index >= 15 is 0 Å². The zero-order valence-corrected chi connectivity index (χ0v) is 12.4. The average Bonchev–Trinajstić information content (AvgIpc) is 2.77. The van der Waals surface area contributed by atoms with Gasteiger partial charge in [-0.3, -0.25) is 9.48 Å². The molecule has 1 aliphatic rings. The van der Waals surface area contributed by atoms with Crippen LogP contribution in [-0.2, 0) is 11.8 Å². The van der Waals surface area contributed by atoms with Gasteiger partial charge in [-0.2, -0.15) is 5.10 Å². The fourth-order valence-electron chi connectivity index (χ4n) is 2.40. The lowest BCUT2D eigenvalue weighted by atomic mass is 9.94. The highest BCUT2D eigenvalue weighted by Gasteiger charge is 2.18. The molecule has 19 heavy (non-hydrogen) atoms. The summed E-state index contributed by atoms with van der Waals surface area (Å²) in [5, 5.41) is 10.5. The Morgan fingerprint density at radius 2 is 2.26 bits per heavy atom. The summed E-state index contributed by atoms with van der Waals surface area (Å²) in [5.41, 5.74) is 1.05. The van der Waals surface area contributed by atoms with E-state index < -0.39 is 0 Å². The zero-order chi connectivity index (χ0) is 13.0. The van der Waals surface area contributed by atoms with Crippen LogP contribution in [0.5, 0.6) is 0 Å². The van der Waals surface area contributed by atoms with Crippen LogP contribution in [0, 0.1) is 5.92 Å². The summed E-state index contributed by atoms with van der Waals surface area (Å²) in [6, 6.07) is 0.0351. The molecule has 2 heterocycles. The first-order valence-electron chi connectivity index (χ1n) is 6.64. The number of carbonyl (C=O) groups excluding carboxylic acids is 1. The van der Waals surface area contributed by atoms with Crippen LogP contribution < -0.4 is 10.6 Å². The Hall–Kier alpha value is -1.07. The van der Waals surface area contributed by atoms with Crippen molar-refractivity contribution in [1.29, 1.82) is 0 Å². The van der Waals surface area contributed by atoms with Gasteiger partial charge in [0.25, 0.3) is 0 Å². The molecule has 1 atom stereocenters. The van der Waals surface area contributed by atoms with Gasteiger partial charge in [-0.05, 0) is 38.8 Å². The number of halogens is 1. The van der Waals surface area contributed by atoms with Crippen LogP contribution in [0.1, 0.15) is 37.8 Å². The van der Waals surface area contributed by atoms with E-state index in [0.29, 0.717) is 12.3 Å². The summed E-state index contributed by atoms with van der Waals surface area (Å²) >= 11 is 0. The molecule has 2 rings (SSSR count). The van der Waals surface area contributed by atoms with Crippen LogP contribution in [0.15, 0.2) is 12.4 Å². The van der Waals surface area contributed by atoms with Gasteiger partial charge in [0.1, 0.15) is 0 Å². The van der Waals surface area contributed by atoms with E-state index in [2.05, 4.69) is 15.7 Å². The van der Waals surface area contributed by atoms with Crippen molar-refractivity contribution in [3.63, 3.8) is 0 Å². The molecule has 0 saturated carbocycles. The Morgan fingerprint density at radius 3 is 2.84 bits per heavy atom. The molecule has 0 aromatic carbocycles. The van der Waals surface area contributed by atoms with E-state index in [0.717, 1.165) is 31.5 Å². The molecule has 6 heteroatoms. The molecule has 0 bridgehead atoms. The third-order valence-corrected chi connectivity index (χ3v) is 3.54. The highest BCUT2D eigenvalue weighted by molar-refractivity contribution is 5.85. The summed E-state index contributed by atoms with van der Waals surface area (Å²) in [6.45, 7) is 4.07. The van der Waals surface area contributed by atoms with Crippen molar-refractivity contribution in [2.24, 2.45) is 13.0 Å². The first-order chi connectivity index (χ1) is 8.65. The monoisotopic (exact) mass is 286 g/mol. The molecule has 1 unspecified atom stereocenters. The summed E-state index contributed by atoms with van der Waals surface area (Å²) in [7, 11) is 1.88. The summed E-state index contributed by atoms with van der Waals surface area (Å²) in [4.78, 5) is 11.9. The van der Waals surface area contributed by atoms with Crippen molar-refractivity contribution < 1.29 is 4.79 Å². The highest BCUT2D eigenvalue weighted by atomic mass is 35.5. The second-order valence-corrected chi connectivity index (χ2v) is 5.13. The number of nitrogens with one attached hydrogen (secondary N) is 2. The maximum Gasteiger partial charge on any atom is 0.220 e. The fraction of sp³-hybridized carbons (Fsp3) is 0.692. The number of hydrogen-bond acceptors (Lipinski definition) is 3. The van der Waals surface area contributed by atoms with Crippen molar-refractivity contribution in [2.75, 3.05) is 13.1 Å². The van der Waals surface area contributed by atoms with Crippen LogP contribution in [0.2, 0.25) is 0 Å². The lowest BCUT2D eigenvalue weighted by Gasteiger charge is -2.22. The highest BCUT2D eigenvalue weighted by Crippen LogP contribution is 2.17. The van der Waals surface area contributed by atoms with Gasteiger partial charge in [0.2, 0.25) is 5.91 Å². The zero-order valence-electron chi connectivity index (χ0n) is 11.6. The Kier molecular flexibility index (Phi) is 6.31. The molecule has 0 spiro atoms. The predicted molar refractivity (Wildman–Crippen MR) is 77.2 cm³/mol. The molecule has 2 N–H and O–H groups in total. The minimum atomic E-state index is 0. The maximum atomic E-state index is 11.9. The number of aryl methyl sites for hydroxylation is 1. The number of carbonyl (C=O) groups is 1. The topological polar surface area (TPSA) is 59.0 Å². The van der Waals surface area contributed by atoms with Gasteiger partial charge in [0.15, 0.2) is 0 Å². The van der Waals surface area contributed by atoms with Crippen molar-refractivity contribution in [3.05, 3.63) is 18.0 Å². The van der Waals surface area contributed by atoms with Crippen LogP contribution in [0.3, 0.4) is 0 Å². The third-order valence-electron chi connectivity index (χ3n) is 3.54.